The number of hydrogen-bond acceptors (Lipinski definition) is 5. The SMILES string of the molecule is Nc1nc(N(Br)c2ccccc2)c2cc(-c3ccc(C=O)cc3)ccc2n1. The molecule has 3 aromatic carbocycles. The molecule has 0 aliphatic heterocycles. The Kier molecular flexibility index (Phi) is 4.56. The zero-order valence-corrected chi connectivity index (χ0v) is 15.8. The molecule has 0 unspecified atom stereocenters. The molecule has 2 N–H and O–H groups in total. The summed E-state index contributed by atoms with van der Waals surface area (Å²) in [5, 5.41) is 0.863. The van der Waals surface area contributed by atoms with Gasteiger partial charge in [-0.2, -0.15) is 4.98 Å². The molecule has 0 aliphatic rings. The van der Waals surface area contributed by atoms with Crippen molar-refractivity contribution in [3.05, 3.63) is 78.4 Å². The molecule has 0 bridgehead atoms. The third kappa shape index (κ3) is 3.39. The number of nitrogen functional groups attached to an aromatic ring is 1. The van der Waals surface area contributed by atoms with Gasteiger partial charge in [0.25, 0.3) is 0 Å². The van der Waals surface area contributed by atoms with Crippen molar-refractivity contribution < 1.29 is 4.79 Å². The number of nitrogens with two attached hydrogens (primary N) is 1. The van der Waals surface area contributed by atoms with Crippen LogP contribution in [0.2, 0.25) is 0 Å². The van der Waals surface area contributed by atoms with Gasteiger partial charge in [-0.25, -0.2) is 4.98 Å². The highest BCUT2D eigenvalue weighted by atomic mass is 79.9. The molecule has 132 valence electrons. The minimum Gasteiger partial charge on any atom is -0.368 e. The Bertz CT molecular complexity index is 1110. The van der Waals surface area contributed by atoms with Gasteiger partial charge in [0.1, 0.15) is 6.29 Å². The van der Waals surface area contributed by atoms with E-state index in [2.05, 4.69) is 26.1 Å². The van der Waals surface area contributed by atoms with Crippen LogP contribution in [0.1, 0.15) is 10.4 Å². The number of aldehydes is 1. The summed E-state index contributed by atoms with van der Waals surface area (Å²) in [6.07, 6.45) is 0.835. The maximum Gasteiger partial charge on any atom is 0.222 e. The third-order valence-electron chi connectivity index (χ3n) is 4.24. The Balaban J connectivity index is 1.86. The molecule has 0 amide bonds. The van der Waals surface area contributed by atoms with E-state index in [0.717, 1.165) is 34.0 Å². The van der Waals surface area contributed by atoms with Crippen LogP contribution in [0, 0.1) is 0 Å². The van der Waals surface area contributed by atoms with Crippen LogP contribution in [0.5, 0.6) is 0 Å². The van der Waals surface area contributed by atoms with E-state index >= 15 is 0 Å². The summed E-state index contributed by atoms with van der Waals surface area (Å²) in [5.74, 6) is 0.871. The number of nitrogens with zero attached hydrogens (tertiary/aromatic N) is 3. The Morgan fingerprint density at radius 2 is 1.59 bits per heavy atom. The molecule has 0 radical (unpaired) electrons. The van der Waals surface area contributed by atoms with E-state index in [9.17, 15) is 4.79 Å². The van der Waals surface area contributed by atoms with E-state index in [1.54, 1.807) is 12.1 Å². The van der Waals surface area contributed by atoms with Gasteiger partial charge in [-0.1, -0.05) is 48.5 Å². The van der Waals surface area contributed by atoms with Gasteiger partial charge < -0.3 is 5.73 Å². The zero-order chi connectivity index (χ0) is 18.8. The van der Waals surface area contributed by atoms with Gasteiger partial charge in [0.05, 0.1) is 27.4 Å². The number of halogens is 1. The second kappa shape index (κ2) is 7.17. The average molecular weight is 419 g/mol. The Morgan fingerprint density at radius 1 is 0.889 bits per heavy atom. The van der Waals surface area contributed by atoms with Gasteiger partial charge in [0.2, 0.25) is 5.95 Å². The summed E-state index contributed by atoms with van der Waals surface area (Å²) in [6.45, 7) is 0. The highest BCUT2D eigenvalue weighted by Crippen LogP contribution is 2.35. The fourth-order valence-electron chi connectivity index (χ4n) is 2.89. The standard InChI is InChI=1S/C21H15BrN4O/c22-26(17-4-2-1-3-5-17)20-18-12-16(10-11-19(18)24-21(23)25-20)15-8-6-14(13-27)7-9-15/h1-13H,(H2,23,24,25). The minimum absolute atomic E-state index is 0.209. The molecule has 6 heteroatoms. The number of para-hydroxylation sites is 1. The summed E-state index contributed by atoms with van der Waals surface area (Å²) >= 11 is 3.60. The largest absolute Gasteiger partial charge is 0.368 e. The molecule has 4 aromatic rings. The molecule has 0 saturated carbocycles. The van der Waals surface area contributed by atoms with Gasteiger partial charge in [-0.3, -0.25) is 8.72 Å². The second-order valence-electron chi connectivity index (χ2n) is 5.99. The van der Waals surface area contributed by atoms with Crippen molar-refractivity contribution in [3.8, 4) is 11.1 Å². The summed E-state index contributed by atoms with van der Waals surface area (Å²) in [6, 6.07) is 23.2. The maximum absolute atomic E-state index is 10.9. The van der Waals surface area contributed by atoms with Gasteiger partial charge in [-0.15, -0.1) is 0 Å². The van der Waals surface area contributed by atoms with Gasteiger partial charge in [0, 0.05) is 10.9 Å². The molecule has 4 rings (SSSR count). The first-order valence-electron chi connectivity index (χ1n) is 8.29. The van der Waals surface area contributed by atoms with Gasteiger partial charge in [-0.05, 0) is 35.4 Å². The molecule has 0 saturated heterocycles. The molecular weight excluding hydrogens is 404 g/mol. The van der Waals surface area contributed by atoms with E-state index in [-0.39, 0.29) is 5.95 Å². The van der Waals surface area contributed by atoms with Crippen LogP contribution in [-0.4, -0.2) is 16.3 Å². The molecule has 0 fully saturated rings. The zero-order valence-electron chi connectivity index (χ0n) is 14.2. The quantitative estimate of drug-likeness (QED) is 0.366. The topological polar surface area (TPSA) is 72.1 Å². The molecule has 1 heterocycles. The van der Waals surface area contributed by atoms with E-state index in [4.69, 9.17) is 5.73 Å². The molecule has 1 aromatic heterocycles. The maximum atomic E-state index is 10.9. The molecule has 0 spiro atoms. The number of carbonyl (C=O) groups excluding carboxylic acids is 1. The molecule has 5 nitrogen and oxygen atoms in total. The summed E-state index contributed by atoms with van der Waals surface area (Å²) < 4.78 is 1.81. The number of rotatable bonds is 4. The van der Waals surface area contributed by atoms with Crippen LogP contribution in [-0.2, 0) is 0 Å². The van der Waals surface area contributed by atoms with Crippen molar-refractivity contribution in [1.82, 2.24) is 9.97 Å². The predicted molar refractivity (Wildman–Crippen MR) is 112 cm³/mol. The van der Waals surface area contributed by atoms with Crippen LogP contribution < -0.4 is 9.66 Å². The first-order valence-corrected chi connectivity index (χ1v) is 9.00. The molecule has 0 atom stereocenters. The lowest BCUT2D eigenvalue weighted by molar-refractivity contribution is 0.112. The third-order valence-corrected chi connectivity index (χ3v) is 4.99. The lowest BCUT2D eigenvalue weighted by Gasteiger charge is -2.18. The van der Waals surface area contributed by atoms with Crippen molar-refractivity contribution in [1.29, 1.82) is 0 Å². The first kappa shape index (κ1) is 17.2. The highest BCUT2D eigenvalue weighted by Gasteiger charge is 2.14. The summed E-state index contributed by atoms with van der Waals surface area (Å²) in [5.41, 5.74) is 10.3. The number of hydrogen-bond donors (Lipinski definition) is 1. The fourth-order valence-corrected chi connectivity index (χ4v) is 3.40. The fraction of sp³-hybridized carbons (Fsp3) is 0. The number of aromatic nitrogens is 2. The van der Waals surface area contributed by atoms with Crippen LogP contribution >= 0.6 is 16.1 Å². The van der Waals surface area contributed by atoms with E-state index in [0.29, 0.717) is 11.4 Å². The van der Waals surface area contributed by atoms with E-state index in [1.165, 1.54) is 0 Å². The smallest absolute Gasteiger partial charge is 0.222 e. The second-order valence-corrected chi connectivity index (χ2v) is 6.70. The van der Waals surface area contributed by atoms with Crippen LogP contribution in [0.25, 0.3) is 22.0 Å². The van der Waals surface area contributed by atoms with Crippen molar-refractivity contribution >= 4 is 50.8 Å². The van der Waals surface area contributed by atoms with Gasteiger partial charge >= 0.3 is 0 Å². The Labute approximate surface area is 164 Å². The number of fused-ring (bicyclic) bond motifs is 1. The number of anilines is 3. The predicted octanol–water partition coefficient (Wildman–Crippen LogP) is 5.14. The molecule has 0 aliphatic carbocycles. The highest BCUT2D eigenvalue weighted by molar-refractivity contribution is 9.10. The molecular formula is C21H15BrN4O. The minimum atomic E-state index is 0.209. The van der Waals surface area contributed by atoms with E-state index < -0.39 is 0 Å². The molecule has 27 heavy (non-hydrogen) atoms. The van der Waals surface area contributed by atoms with Crippen molar-refractivity contribution in [3.63, 3.8) is 0 Å². The van der Waals surface area contributed by atoms with E-state index in [1.807, 2.05) is 64.6 Å². The lowest BCUT2D eigenvalue weighted by atomic mass is 10.0. The lowest BCUT2D eigenvalue weighted by Crippen LogP contribution is -2.07. The Morgan fingerprint density at radius 3 is 2.30 bits per heavy atom. The van der Waals surface area contributed by atoms with Gasteiger partial charge in [0.15, 0.2) is 5.82 Å². The number of benzene rings is 3. The van der Waals surface area contributed by atoms with Crippen LogP contribution in [0.4, 0.5) is 17.5 Å². The normalized spacial score (nSPS) is 10.7. The summed E-state index contributed by atoms with van der Waals surface area (Å²) in [7, 11) is 0. The van der Waals surface area contributed by atoms with Crippen molar-refractivity contribution in [2.75, 3.05) is 9.66 Å². The first-order chi connectivity index (χ1) is 13.2. The summed E-state index contributed by atoms with van der Waals surface area (Å²) in [4.78, 5) is 19.7. The van der Waals surface area contributed by atoms with Crippen molar-refractivity contribution in [2.24, 2.45) is 0 Å². The van der Waals surface area contributed by atoms with Crippen molar-refractivity contribution in [2.45, 2.75) is 0 Å². The van der Waals surface area contributed by atoms with Crippen LogP contribution in [0.15, 0.2) is 72.8 Å². The monoisotopic (exact) mass is 418 g/mol. The number of carbonyl (C=O) groups is 1. The average Bonchev–Trinajstić information content (AvgIpc) is 2.73. The Hall–Kier alpha value is -3.25. The van der Waals surface area contributed by atoms with Crippen LogP contribution in [0.3, 0.4) is 0 Å².